The molecule has 8 heteroatoms. The second-order valence-electron chi connectivity index (χ2n) is 4.63. The molecule has 0 aromatic carbocycles. The van der Waals surface area contributed by atoms with Gasteiger partial charge in [0.1, 0.15) is 4.90 Å². The fraction of sp³-hybridized carbons (Fsp3) is 0.700. The summed E-state index contributed by atoms with van der Waals surface area (Å²) in [5.41, 5.74) is 5.55. The topological polar surface area (TPSA) is 110 Å². The van der Waals surface area contributed by atoms with E-state index in [1.165, 1.54) is 10.9 Å². The van der Waals surface area contributed by atoms with Gasteiger partial charge in [0.15, 0.2) is 5.82 Å². The molecule has 1 aromatic rings. The lowest BCUT2D eigenvalue weighted by atomic mass is 9.93. The van der Waals surface area contributed by atoms with Crippen LogP contribution in [0.25, 0.3) is 0 Å². The lowest BCUT2D eigenvalue weighted by molar-refractivity contribution is 0.101. The number of nitrogen functional groups attached to an aromatic ring is 1. The van der Waals surface area contributed by atoms with Crippen molar-refractivity contribution in [2.24, 2.45) is 7.05 Å². The first-order chi connectivity index (χ1) is 8.40. The van der Waals surface area contributed by atoms with Crippen molar-refractivity contribution in [1.29, 1.82) is 0 Å². The molecule has 1 aromatic heterocycles. The molecule has 2 atom stereocenters. The van der Waals surface area contributed by atoms with Gasteiger partial charge in [-0.1, -0.05) is 12.8 Å². The average Bonchev–Trinajstić information content (AvgIpc) is 2.62. The molecular weight excluding hydrogens is 256 g/mol. The molecule has 1 saturated carbocycles. The zero-order chi connectivity index (χ0) is 13.3. The number of nitrogens with two attached hydrogens (primary N) is 1. The number of rotatable bonds is 3. The Morgan fingerprint density at radius 1 is 1.50 bits per heavy atom. The predicted molar refractivity (Wildman–Crippen MR) is 66.2 cm³/mol. The summed E-state index contributed by atoms with van der Waals surface area (Å²) in [5.74, 6) is -0.0321. The smallest absolute Gasteiger partial charge is 0.246 e. The maximum Gasteiger partial charge on any atom is 0.246 e. The van der Waals surface area contributed by atoms with E-state index in [4.69, 9.17) is 5.73 Å². The molecule has 0 unspecified atom stereocenters. The molecule has 4 N–H and O–H groups in total. The highest BCUT2D eigenvalue weighted by atomic mass is 32.2. The summed E-state index contributed by atoms with van der Waals surface area (Å²) in [6, 6.07) is -0.441. The van der Waals surface area contributed by atoms with Crippen molar-refractivity contribution in [2.45, 2.75) is 42.7 Å². The summed E-state index contributed by atoms with van der Waals surface area (Å²) in [7, 11) is -2.12. The number of hydrogen-bond acceptors (Lipinski definition) is 5. The van der Waals surface area contributed by atoms with Crippen LogP contribution in [0, 0.1) is 0 Å². The molecule has 0 spiro atoms. The van der Waals surface area contributed by atoms with Crippen LogP contribution in [0.2, 0.25) is 0 Å². The Morgan fingerprint density at radius 2 is 2.17 bits per heavy atom. The second kappa shape index (κ2) is 4.87. The Labute approximate surface area is 106 Å². The molecule has 0 bridgehead atoms. The van der Waals surface area contributed by atoms with Gasteiger partial charge in [-0.05, 0) is 12.8 Å². The van der Waals surface area contributed by atoms with Gasteiger partial charge in [0, 0.05) is 19.3 Å². The highest BCUT2D eigenvalue weighted by Gasteiger charge is 2.30. The highest BCUT2D eigenvalue weighted by Crippen LogP contribution is 2.22. The zero-order valence-corrected chi connectivity index (χ0v) is 11.0. The van der Waals surface area contributed by atoms with Gasteiger partial charge in [0.25, 0.3) is 0 Å². The summed E-state index contributed by atoms with van der Waals surface area (Å²) in [5, 5.41) is 13.6. The monoisotopic (exact) mass is 274 g/mol. The van der Waals surface area contributed by atoms with E-state index < -0.39 is 22.2 Å². The fourth-order valence-corrected chi connectivity index (χ4v) is 3.61. The van der Waals surface area contributed by atoms with Gasteiger partial charge in [-0.25, -0.2) is 13.1 Å². The fourth-order valence-electron chi connectivity index (χ4n) is 2.20. The Balaban J connectivity index is 2.19. The average molecular weight is 274 g/mol. The number of sulfonamides is 1. The van der Waals surface area contributed by atoms with Crippen LogP contribution in [0.4, 0.5) is 5.82 Å². The molecule has 1 heterocycles. The van der Waals surface area contributed by atoms with E-state index in [1.807, 2.05) is 0 Å². The van der Waals surface area contributed by atoms with Crippen LogP contribution in [0.15, 0.2) is 11.1 Å². The normalized spacial score (nSPS) is 25.2. The van der Waals surface area contributed by atoms with Crippen LogP contribution in [-0.4, -0.2) is 35.5 Å². The molecule has 102 valence electrons. The van der Waals surface area contributed by atoms with Gasteiger partial charge < -0.3 is 10.8 Å². The summed E-state index contributed by atoms with van der Waals surface area (Å²) >= 11 is 0. The molecule has 0 saturated heterocycles. The van der Waals surface area contributed by atoms with Crippen molar-refractivity contribution >= 4 is 15.8 Å². The van der Waals surface area contributed by atoms with Crippen LogP contribution in [0.1, 0.15) is 25.7 Å². The van der Waals surface area contributed by atoms with E-state index in [-0.39, 0.29) is 10.7 Å². The van der Waals surface area contributed by atoms with E-state index in [2.05, 4.69) is 9.82 Å². The van der Waals surface area contributed by atoms with Gasteiger partial charge in [-0.2, -0.15) is 5.10 Å². The van der Waals surface area contributed by atoms with Crippen LogP contribution in [-0.2, 0) is 17.1 Å². The van der Waals surface area contributed by atoms with Crippen molar-refractivity contribution in [3.05, 3.63) is 6.20 Å². The summed E-state index contributed by atoms with van der Waals surface area (Å²) in [4.78, 5) is -0.0391. The zero-order valence-electron chi connectivity index (χ0n) is 10.2. The molecule has 0 aliphatic heterocycles. The van der Waals surface area contributed by atoms with Gasteiger partial charge in [0.05, 0.1) is 6.10 Å². The summed E-state index contributed by atoms with van der Waals surface area (Å²) in [6.45, 7) is 0. The van der Waals surface area contributed by atoms with Crippen LogP contribution in [0.3, 0.4) is 0 Å². The number of aromatic nitrogens is 2. The molecular formula is C10H18N4O3S. The lowest BCUT2D eigenvalue weighted by Crippen LogP contribution is -2.45. The van der Waals surface area contributed by atoms with Crippen molar-refractivity contribution in [3.63, 3.8) is 0 Å². The Bertz CT molecular complexity index is 525. The highest BCUT2D eigenvalue weighted by molar-refractivity contribution is 7.89. The molecule has 0 radical (unpaired) electrons. The first kappa shape index (κ1) is 13.3. The standard InChI is InChI=1S/C10H18N4O3S/c1-14-6-9(10(11)12-14)18(16,17)13-7-4-2-3-5-8(7)15/h6-8,13,15H,2-5H2,1H3,(H2,11,12)/t7-,8-/m0/s1. The molecule has 0 amide bonds. The third kappa shape index (κ3) is 2.65. The summed E-state index contributed by atoms with van der Waals surface area (Å²) in [6.07, 6.45) is 3.82. The van der Waals surface area contributed by atoms with Crippen LogP contribution < -0.4 is 10.5 Å². The maximum atomic E-state index is 12.1. The lowest BCUT2D eigenvalue weighted by Gasteiger charge is -2.27. The molecule has 1 aliphatic carbocycles. The largest absolute Gasteiger partial charge is 0.391 e. The Kier molecular flexibility index (Phi) is 3.60. The quantitative estimate of drug-likeness (QED) is 0.693. The van der Waals surface area contributed by atoms with Gasteiger partial charge in [0.2, 0.25) is 10.0 Å². The molecule has 1 fully saturated rings. The van der Waals surface area contributed by atoms with E-state index in [1.54, 1.807) is 7.05 Å². The molecule has 18 heavy (non-hydrogen) atoms. The third-order valence-electron chi connectivity index (χ3n) is 3.15. The third-order valence-corrected chi connectivity index (χ3v) is 4.65. The second-order valence-corrected chi connectivity index (χ2v) is 6.31. The molecule has 7 nitrogen and oxygen atoms in total. The van der Waals surface area contributed by atoms with Gasteiger partial charge in [-0.15, -0.1) is 0 Å². The SMILES string of the molecule is Cn1cc(S(=O)(=O)N[C@H]2CCCC[C@@H]2O)c(N)n1. The van der Waals surface area contributed by atoms with Gasteiger partial charge >= 0.3 is 0 Å². The van der Waals surface area contributed by atoms with Crippen molar-refractivity contribution in [2.75, 3.05) is 5.73 Å². The minimum absolute atomic E-state index is 0.0321. The Morgan fingerprint density at radius 3 is 2.72 bits per heavy atom. The number of aliphatic hydroxyl groups is 1. The van der Waals surface area contributed by atoms with Crippen molar-refractivity contribution < 1.29 is 13.5 Å². The number of aryl methyl sites for hydroxylation is 1. The summed E-state index contributed by atoms with van der Waals surface area (Å²) < 4.78 is 28.1. The van der Waals surface area contributed by atoms with Crippen LogP contribution >= 0.6 is 0 Å². The van der Waals surface area contributed by atoms with E-state index in [0.717, 1.165) is 12.8 Å². The van der Waals surface area contributed by atoms with Crippen molar-refractivity contribution in [3.8, 4) is 0 Å². The van der Waals surface area contributed by atoms with Gasteiger partial charge in [-0.3, -0.25) is 4.68 Å². The minimum Gasteiger partial charge on any atom is -0.391 e. The number of hydrogen-bond donors (Lipinski definition) is 3. The van der Waals surface area contributed by atoms with E-state index in [0.29, 0.717) is 12.8 Å². The number of aliphatic hydroxyl groups excluding tert-OH is 1. The molecule has 1 aliphatic rings. The van der Waals surface area contributed by atoms with E-state index in [9.17, 15) is 13.5 Å². The number of nitrogens with zero attached hydrogens (tertiary/aromatic N) is 2. The minimum atomic E-state index is -3.72. The van der Waals surface area contributed by atoms with Crippen LogP contribution in [0.5, 0.6) is 0 Å². The maximum absolute atomic E-state index is 12.1. The van der Waals surface area contributed by atoms with Crippen molar-refractivity contribution in [1.82, 2.24) is 14.5 Å². The molecule has 2 rings (SSSR count). The number of nitrogens with one attached hydrogen (secondary N) is 1. The Hall–Kier alpha value is -1.12. The number of anilines is 1. The first-order valence-electron chi connectivity index (χ1n) is 5.89. The predicted octanol–water partition coefficient (Wildman–Crippen LogP) is -0.416. The van der Waals surface area contributed by atoms with E-state index >= 15 is 0 Å². The first-order valence-corrected chi connectivity index (χ1v) is 7.38.